The second kappa shape index (κ2) is 4.32. The van der Waals surface area contributed by atoms with Crippen molar-refractivity contribution >= 4 is 6.29 Å². The van der Waals surface area contributed by atoms with E-state index < -0.39 is 5.60 Å². The van der Waals surface area contributed by atoms with E-state index >= 15 is 0 Å². The van der Waals surface area contributed by atoms with Gasteiger partial charge >= 0.3 is 0 Å². The van der Waals surface area contributed by atoms with Crippen molar-refractivity contribution in [1.29, 1.82) is 0 Å². The topological polar surface area (TPSA) is 68.0 Å². The molecule has 0 saturated carbocycles. The number of hydrogen-bond donors (Lipinski definition) is 1. The number of carbonyl (C=O) groups is 1. The zero-order valence-electron chi connectivity index (χ0n) is 8.47. The third-order valence-electron chi connectivity index (χ3n) is 2.06. The molecule has 0 aliphatic rings. The average molecular weight is 197 g/mol. The smallest absolute Gasteiger partial charge is 0.138 e. The van der Waals surface area contributed by atoms with E-state index in [4.69, 9.17) is 0 Å². The normalized spacial score (nSPS) is 15.1. The summed E-state index contributed by atoms with van der Waals surface area (Å²) in [4.78, 5) is 14.3. The lowest BCUT2D eigenvalue weighted by Gasteiger charge is -2.19. The van der Waals surface area contributed by atoms with E-state index in [1.807, 2.05) is 6.92 Å². The fourth-order valence-corrected chi connectivity index (χ4v) is 1.28. The summed E-state index contributed by atoms with van der Waals surface area (Å²) in [6.07, 6.45) is 2.63. The molecule has 1 aromatic rings. The van der Waals surface area contributed by atoms with Crippen molar-refractivity contribution in [2.24, 2.45) is 0 Å². The minimum atomic E-state index is -1.03. The highest BCUT2D eigenvalue weighted by molar-refractivity contribution is 5.51. The third-order valence-corrected chi connectivity index (χ3v) is 2.06. The van der Waals surface area contributed by atoms with Gasteiger partial charge in [0.05, 0.1) is 5.60 Å². The number of hydrogen-bond acceptors (Lipinski definition) is 4. The first-order valence-electron chi connectivity index (χ1n) is 4.62. The maximum absolute atomic E-state index is 10.3. The zero-order chi connectivity index (χ0) is 10.6. The Morgan fingerprint density at radius 2 is 2.43 bits per heavy atom. The van der Waals surface area contributed by atoms with Crippen LogP contribution in [0.2, 0.25) is 0 Å². The van der Waals surface area contributed by atoms with Crippen molar-refractivity contribution in [1.82, 2.24) is 14.8 Å². The summed E-state index contributed by atoms with van der Waals surface area (Å²) in [6, 6.07) is 0. The standard InChI is InChI=1S/C9H15N3O2/c1-3-12-8(10-7-11-12)6-9(2,14)4-5-13/h5,7,14H,3-4,6H2,1-2H3. The Morgan fingerprint density at radius 3 is 3.00 bits per heavy atom. The van der Waals surface area contributed by atoms with Gasteiger partial charge in [-0.15, -0.1) is 0 Å². The minimum Gasteiger partial charge on any atom is -0.389 e. The van der Waals surface area contributed by atoms with Crippen molar-refractivity contribution in [3.05, 3.63) is 12.2 Å². The lowest BCUT2D eigenvalue weighted by molar-refractivity contribution is -0.111. The van der Waals surface area contributed by atoms with Crippen LogP contribution in [0.15, 0.2) is 6.33 Å². The number of aliphatic hydroxyl groups is 1. The van der Waals surface area contributed by atoms with E-state index in [2.05, 4.69) is 10.1 Å². The molecule has 1 aromatic heterocycles. The number of rotatable bonds is 5. The molecule has 1 N–H and O–H groups in total. The molecule has 0 fully saturated rings. The monoisotopic (exact) mass is 197 g/mol. The van der Waals surface area contributed by atoms with Crippen LogP contribution < -0.4 is 0 Å². The van der Waals surface area contributed by atoms with E-state index in [0.29, 0.717) is 25.1 Å². The summed E-state index contributed by atoms with van der Waals surface area (Å²) >= 11 is 0. The van der Waals surface area contributed by atoms with Crippen LogP contribution in [-0.2, 0) is 17.8 Å². The van der Waals surface area contributed by atoms with Crippen LogP contribution in [0, 0.1) is 0 Å². The van der Waals surface area contributed by atoms with Crippen LogP contribution in [-0.4, -0.2) is 31.8 Å². The Morgan fingerprint density at radius 1 is 1.71 bits per heavy atom. The van der Waals surface area contributed by atoms with Crippen molar-refractivity contribution in [2.75, 3.05) is 0 Å². The Balaban J connectivity index is 2.72. The largest absolute Gasteiger partial charge is 0.389 e. The van der Waals surface area contributed by atoms with Crippen LogP contribution in [0.4, 0.5) is 0 Å². The van der Waals surface area contributed by atoms with E-state index in [1.165, 1.54) is 6.33 Å². The summed E-state index contributed by atoms with van der Waals surface area (Å²) in [5, 5.41) is 13.8. The predicted molar refractivity (Wildman–Crippen MR) is 50.7 cm³/mol. The molecule has 0 aliphatic carbocycles. The fraction of sp³-hybridized carbons (Fsp3) is 0.667. The van der Waals surface area contributed by atoms with Crippen LogP contribution in [0.25, 0.3) is 0 Å². The molecule has 0 amide bonds. The van der Waals surface area contributed by atoms with Crippen LogP contribution in [0.3, 0.4) is 0 Å². The Labute approximate surface area is 82.8 Å². The van der Waals surface area contributed by atoms with Crippen LogP contribution in [0.5, 0.6) is 0 Å². The molecular weight excluding hydrogens is 182 g/mol. The van der Waals surface area contributed by atoms with Crippen molar-refractivity contribution in [3.8, 4) is 0 Å². The van der Waals surface area contributed by atoms with E-state index in [0.717, 1.165) is 0 Å². The van der Waals surface area contributed by atoms with Gasteiger partial charge in [-0.25, -0.2) is 4.98 Å². The number of aryl methyl sites for hydroxylation is 1. The van der Waals surface area contributed by atoms with Gasteiger partial charge in [0.25, 0.3) is 0 Å². The number of carbonyl (C=O) groups excluding carboxylic acids is 1. The highest BCUT2D eigenvalue weighted by Gasteiger charge is 2.22. The van der Waals surface area contributed by atoms with Crippen molar-refractivity contribution in [2.45, 2.75) is 38.8 Å². The molecule has 0 aromatic carbocycles. The molecule has 5 heteroatoms. The van der Waals surface area contributed by atoms with Gasteiger partial charge in [0.2, 0.25) is 0 Å². The second-order valence-corrected chi connectivity index (χ2v) is 3.54. The van der Waals surface area contributed by atoms with Gasteiger partial charge in [0.1, 0.15) is 18.4 Å². The molecule has 1 unspecified atom stereocenters. The summed E-state index contributed by atoms with van der Waals surface area (Å²) in [7, 11) is 0. The molecule has 1 heterocycles. The molecule has 0 spiro atoms. The number of aldehydes is 1. The molecule has 0 aliphatic heterocycles. The van der Waals surface area contributed by atoms with Gasteiger partial charge in [-0.05, 0) is 13.8 Å². The molecule has 1 atom stereocenters. The van der Waals surface area contributed by atoms with Gasteiger partial charge in [-0.3, -0.25) is 4.68 Å². The first-order chi connectivity index (χ1) is 6.59. The predicted octanol–water partition coefficient (Wildman–Crippen LogP) is 0.180. The molecule has 1 rings (SSSR count). The molecule has 5 nitrogen and oxygen atoms in total. The average Bonchev–Trinajstić information content (AvgIpc) is 2.50. The Kier molecular flexibility index (Phi) is 3.35. The molecule has 14 heavy (non-hydrogen) atoms. The van der Waals surface area contributed by atoms with Crippen LogP contribution in [0.1, 0.15) is 26.1 Å². The number of nitrogens with zero attached hydrogens (tertiary/aromatic N) is 3. The first-order valence-corrected chi connectivity index (χ1v) is 4.62. The molecule has 0 bridgehead atoms. The summed E-state index contributed by atoms with van der Waals surface area (Å²) < 4.78 is 1.71. The van der Waals surface area contributed by atoms with Gasteiger partial charge in [-0.2, -0.15) is 5.10 Å². The van der Waals surface area contributed by atoms with E-state index in [9.17, 15) is 9.90 Å². The second-order valence-electron chi connectivity index (χ2n) is 3.54. The molecule has 0 saturated heterocycles. The Hall–Kier alpha value is -1.23. The summed E-state index contributed by atoms with van der Waals surface area (Å²) in [6.45, 7) is 4.29. The third kappa shape index (κ3) is 2.63. The van der Waals surface area contributed by atoms with Gasteiger partial charge in [0.15, 0.2) is 0 Å². The van der Waals surface area contributed by atoms with Crippen molar-refractivity contribution in [3.63, 3.8) is 0 Å². The Bertz CT molecular complexity index is 307. The summed E-state index contributed by atoms with van der Waals surface area (Å²) in [5.74, 6) is 0.708. The maximum Gasteiger partial charge on any atom is 0.138 e. The number of aromatic nitrogens is 3. The fourth-order valence-electron chi connectivity index (χ4n) is 1.28. The minimum absolute atomic E-state index is 0.115. The highest BCUT2D eigenvalue weighted by Crippen LogP contribution is 2.13. The molecular formula is C9H15N3O2. The molecule has 0 radical (unpaired) electrons. The van der Waals surface area contributed by atoms with Gasteiger partial charge in [-0.1, -0.05) is 0 Å². The maximum atomic E-state index is 10.3. The lowest BCUT2D eigenvalue weighted by Crippen LogP contribution is -2.29. The molecule has 78 valence electrons. The summed E-state index contributed by atoms with van der Waals surface area (Å²) in [5.41, 5.74) is -1.03. The lowest BCUT2D eigenvalue weighted by atomic mass is 9.99. The highest BCUT2D eigenvalue weighted by atomic mass is 16.3. The van der Waals surface area contributed by atoms with Gasteiger partial charge in [0, 0.05) is 19.4 Å². The quantitative estimate of drug-likeness (QED) is 0.684. The SMILES string of the molecule is CCn1ncnc1CC(C)(O)CC=O. The van der Waals surface area contributed by atoms with E-state index in [1.54, 1.807) is 11.6 Å². The van der Waals surface area contributed by atoms with Gasteiger partial charge < -0.3 is 9.90 Å². The van der Waals surface area contributed by atoms with Crippen LogP contribution >= 0.6 is 0 Å². The van der Waals surface area contributed by atoms with E-state index in [-0.39, 0.29) is 6.42 Å². The first kappa shape index (κ1) is 10.8. The zero-order valence-corrected chi connectivity index (χ0v) is 8.47. The van der Waals surface area contributed by atoms with Crippen molar-refractivity contribution < 1.29 is 9.90 Å².